The predicted molar refractivity (Wildman–Crippen MR) is 119 cm³/mol. The molecule has 2 aliphatic rings. The van der Waals surface area contributed by atoms with Crippen LogP contribution in [0.15, 0.2) is 84.9 Å². The van der Waals surface area contributed by atoms with Gasteiger partial charge in [0.1, 0.15) is 11.9 Å². The SMILES string of the molecule is N#CC1C(c2ccccc2)C(C#N)(C(=O)c2ccccc2F)C2C=Cc3ccccc3N12. The molecule has 1 saturated heterocycles. The summed E-state index contributed by atoms with van der Waals surface area (Å²) in [4.78, 5) is 15.9. The third-order valence-electron chi connectivity index (χ3n) is 6.52. The first-order chi connectivity index (χ1) is 15.6. The Hall–Kier alpha value is -4.22. The summed E-state index contributed by atoms with van der Waals surface area (Å²) in [6.45, 7) is 0. The van der Waals surface area contributed by atoms with Gasteiger partial charge in [-0.05, 0) is 29.3 Å². The molecule has 0 saturated carbocycles. The number of hydrogen-bond acceptors (Lipinski definition) is 4. The average molecular weight is 419 g/mol. The summed E-state index contributed by atoms with van der Waals surface area (Å²) in [6.07, 6.45) is 3.68. The number of para-hydroxylation sites is 1. The van der Waals surface area contributed by atoms with E-state index in [1.165, 1.54) is 18.2 Å². The van der Waals surface area contributed by atoms with Crippen molar-refractivity contribution in [3.8, 4) is 12.1 Å². The largest absolute Gasteiger partial charge is 0.346 e. The van der Waals surface area contributed by atoms with Crippen molar-refractivity contribution in [1.82, 2.24) is 0 Å². The van der Waals surface area contributed by atoms with Crippen LogP contribution in [0, 0.1) is 33.9 Å². The second-order valence-electron chi connectivity index (χ2n) is 8.02. The Morgan fingerprint density at radius 3 is 2.34 bits per heavy atom. The third kappa shape index (κ3) is 2.62. The highest BCUT2D eigenvalue weighted by molar-refractivity contribution is 6.06. The van der Waals surface area contributed by atoms with Gasteiger partial charge in [-0.1, -0.05) is 72.8 Å². The normalized spacial score (nSPS) is 25.3. The fraction of sp³-hybridized carbons (Fsp3) is 0.148. The zero-order valence-electron chi connectivity index (χ0n) is 17.0. The fourth-order valence-corrected chi connectivity index (χ4v) is 5.16. The second-order valence-corrected chi connectivity index (χ2v) is 8.02. The Morgan fingerprint density at radius 1 is 0.938 bits per heavy atom. The zero-order valence-corrected chi connectivity index (χ0v) is 17.0. The predicted octanol–water partition coefficient (Wildman–Crippen LogP) is 5.11. The van der Waals surface area contributed by atoms with E-state index >= 15 is 0 Å². The third-order valence-corrected chi connectivity index (χ3v) is 6.52. The molecule has 4 unspecified atom stereocenters. The Labute approximate surface area is 185 Å². The number of anilines is 1. The summed E-state index contributed by atoms with van der Waals surface area (Å²) in [5, 5.41) is 20.9. The Kier molecular flexibility index (Phi) is 4.61. The standard InChI is InChI=1S/C27H18FN3O/c28-21-12-6-5-11-20(21)26(32)27(17-30)24-15-14-18-8-4-7-13-22(18)31(24)23(16-29)25(27)19-9-2-1-3-10-19/h1-15,23-25H. The molecule has 0 aliphatic carbocycles. The lowest BCUT2D eigenvalue weighted by Gasteiger charge is -2.35. The van der Waals surface area contributed by atoms with E-state index in [2.05, 4.69) is 12.1 Å². The van der Waals surface area contributed by atoms with Crippen molar-refractivity contribution in [2.24, 2.45) is 5.41 Å². The van der Waals surface area contributed by atoms with Gasteiger partial charge < -0.3 is 4.90 Å². The van der Waals surface area contributed by atoms with E-state index in [-0.39, 0.29) is 5.56 Å². The van der Waals surface area contributed by atoms with Crippen LogP contribution in [0.5, 0.6) is 0 Å². The maximum Gasteiger partial charge on any atom is 0.189 e. The van der Waals surface area contributed by atoms with Gasteiger partial charge in [0.05, 0.1) is 23.7 Å². The van der Waals surface area contributed by atoms with Gasteiger partial charge in [-0.15, -0.1) is 0 Å². The van der Waals surface area contributed by atoms with Crippen molar-refractivity contribution in [3.05, 3.63) is 107 Å². The number of benzene rings is 3. The number of nitriles is 2. The smallest absolute Gasteiger partial charge is 0.189 e. The molecule has 0 bridgehead atoms. The summed E-state index contributed by atoms with van der Waals surface area (Å²) >= 11 is 0. The summed E-state index contributed by atoms with van der Waals surface area (Å²) in [7, 11) is 0. The van der Waals surface area contributed by atoms with Crippen LogP contribution >= 0.6 is 0 Å². The summed E-state index contributed by atoms with van der Waals surface area (Å²) in [6, 6.07) is 25.6. The van der Waals surface area contributed by atoms with Crippen LogP contribution in [0.4, 0.5) is 10.1 Å². The first-order valence-electron chi connectivity index (χ1n) is 10.3. The Balaban J connectivity index is 1.81. The van der Waals surface area contributed by atoms with Gasteiger partial charge in [-0.2, -0.15) is 10.5 Å². The monoisotopic (exact) mass is 419 g/mol. The van der Waals surface area contributed by atoms with Gasteiger partial charge in [0.15, 0.2) is 11.2 Å². The molecule has 0 spiro atoms. The van der Waals surface area contributed by atoms with Gasteiger partial charge in [0.25, 0.3) is 0 Å². The number of fused-ring (bicyclic) bond motifs is 3. The molecule has 0 N–H and O–H groups in total. The number of carbonyl (C=O) groups excluding carboxylic acids is 1. The van der Waals surface area contributed by atoms with Crippen LogP contribution in [-0.4, -0.2) is 17.9 Å². The minimum absolute atomic E-state index is 0.138. The van der Waals surface area contributed by atoms with Crippen molar-refractivity contribution < 1.29 is 9.18 Å². The first-order valence-corrected chi connectivity index (χ1v) is 10.3. The number of rotatable bonds is 3. The molecule has 2 heterocycles. The number of Topliss-reactive ketones (excluding diaryl/α,β-unsaturated/α-hetero) is 1. The van der Waals surface area contributed by atoms with E-state index in [9.17, 15) is 19.7 Å². The van der Waals surface area contributed by atoms with Gasteiger partial charge in [0.2, 0.25) is 0 Å². The lowest BCUT2D eigenvalue weighted by Crippen LogP contribution is -2.46. The number of nitrogens with zero attached hydrogens (tertiary/aromatic N) is 3. The Bertz CT molecular complexity index is 1320. The number of halogens is 1. The fourth-order valence-electron chi connectivity index (χ4n) is 5.16. The van der Waals surface area contributed by atoms with E-state index in [0.717, 1.165) is 11.3 Å². The van der Waals surface area contributed by atoms with Crippen LogP contribution in [0.2, 0.25) is 0 Å². The molecule has 32 heavy (non-hydrogen) atoms. The van der Waals surface area contributed by atoms with Gasteiger partial charge in [0, 0.05) is 11.6 Å². The molecule has 5 rings (SSSR count). The maximum absolute atomic E-state index is 14.7. The Morgan fingerprint density at radius 2 is 1.62 bits per heavy atom. The molecule has 3 aromatic carbocycles. The van der Waals surface area contributed by atoms with Crippen LogP contribution < -0.4 is 4.90 Å². The summed E-state index contributed by atoms with van der Waals surface area (Å²) < 4.78 is 14.7. The lowest BCUT2D eigenvalue weighted by molar-refractivity contribution is 0.0837. The molecule has 0 radical (unpaired) electrons. The molecule has 5 heteroatoms. The highest BCUT2D eigenvalue weighted by Gasteiger charge is 2.65. The summed E-state index contributed by atoms with van der Waals surface area (Å²) in [5.74, 6) is -2.05. The number of carbonyl (C=O) groups is 1. The van der Waals surface area contributed by atoms with Gasteiger partial charge in [-0.3, -0.25) is 4.79 Å². The minimum atomic E-state index is -1.69. The van der Waals surface area contributed by atoms with Crippen LogP contribution in [-0.2, 0) is 0 Å². The van der Waals surface area contributed by atoms with Crippen molar-refractivity contribution in [3.63, 3.8) is 0 Å². The number of hydrogen-bond donors (Lipinski definition) is 0. The molecule has 1 fully saturated rings. The molecule has 4 nitrogen and oxygen atoms in total. The molecular formula is C27H18FN3O. The van der Waals surface area contributed by atoms with E-state index in [4.69, 9.17) is 0 Å². The first kappa shape index (κ1) is 19.7. The maximum atomic E-state index is 14.7. The van der Waals surface area contributed by atoms with Crippen molar-refractivity contribution in [2.75, 3.05) is 4.90 Å². The summed E-state index contributed by atoms with van der Waals surface area (Å²) in [5.41, 5.74) is 0.564. The second kappa shape index (κ2) is 7.48. The molecule has 154 valence electrons. The van der Waals surface area contributed by atoms with E-state index in [0.29, 0.717) is 5.56 Å². The van der Waals surface area contributed by atoms with E-state index < -0.39 is 35.0 Å². The lowest BCUT2D eigenvalue weighted by atomic mass is 9.65. The highest BCUT2D eigenvalue weighted by Crippen LogP contribution is 2.56. The van der Waals surface area contributed by atoms with E-state index in [1.54, 1.807) is 12.1 Å². The van der Waals surface area contributed by atoms with E-state index in [1.807, 2.05) is 65.6 Å². The molecule has 2 aliphatic heterocycles. The minimum Gasteiger partial charge on any atom is -0.346 e. The number of ketones is 1. The van der Waals surface area contributed by atoms with Crippen LogP contribution in [0.3, 0.4) is 0 Å². The average Bonchev–Trinajstić information content (AvgIpc) is 3.15. The van der Waals surface area contributed by atoms with Gasteiger partial charge >= 0.3 is 0 Å². The molecule has 3 aromatic rings. The van der Waals surface area contributed by atoms with Crippen molar-refractivity contribution in [1.29, 1.82) is 10.5 Å². The zero-order chi connectivity index (χ0) is 22.3. The van der Waals surface area contributed by atoms with Crippen molar-refractivity contribution in [2.45, 2.75) is 18.0 Å². The topological polar surface area (TPSA) is 67.9 Å². The van der Waals surface area contributed by atoms with Crippen molar-refractivity contribution >= 4 is 17.5 Å². The molecule has 0 aromatic heterocycles. The van der Waals surface area contributed by atoms with Crippen LogP contribution in [0.1, 0.15) is 27.4 Å². The molecule has 4 atom stereocenters. The van der Waals surface area contributed by atoms with Gasteiger partial charge in [-0.25, -0.2) is 4.39 Å². The quantitative estimate of drug-likeness (QED) is 0.553. The highest BCUT2D eigenvalue weighted by atomic mass is 19.1. The van der Waals surface area contributed by atoms with Crippen LogP contribution in [0.25, 0.3) is 6.08 Å². The molecular weight excluding hydrogens is 401 g/mol. The molecule has 0 amide bonds.